The summed E-state index contributed by atoms with van der Waals surface area (Å²) in [6, 6.07) is 17.2. The predicted octanol–water partition coefficient (Wildman–Crippen LogP) is 3.99. The lowest BCUT2D eigenvalue weighted by Crippen LogP contribution is -2.36. The summed E-state index contributed by atoms with van der Waals surface area (Å²) in [6.45, 7) is 0.847. The molecule has 1 atom stereocenters. The fourth-order valence-corrected chi connectivity index (χ4v) is 3.35. The lowest BCUT2D eigenvalue weighted by molar-refractivity contribution is -0.131. The molecule has 3 rings (SSSR count). The average molecular weight is 311 g/mol. The molecule has 1 amide bonds. The summed E-state index contributed by atoms with van der Waals surface area (Å²) in [5.41, 5.74) is 2.17. The second-order valence-corrected chi connectivity index (χ2v) is 6.20. The maximum Gasteiger partial charge on any atom is 0.223 e. The van der Waals surface area contributed by atoms with E-state index in [9.17, 15) is 9.18 Å². The lowest BCUT2D eigenvalue weighted by Gasteiger charge is -2.25. The first-order chi connectivity index (χ1) is 11.2. The number of benzene rings is 2. The molecule has 23 heavy (non-hydrogen) atoms. The number of amides is 1. The van der Waals surface area contributed by atoms with Crippen LogP contribution in [0.15, 0.2) is 54.6 Å². The first-order valence-electron chi connectivity index (χ1n) is 8.30. The van der Waals surface area contributed by atoms with Gasteiger partial charge in [0.15, 0.2) is 0 Å². The Bertz CT molecular complexity index is 656. The number of likely N-dealkylation sites (tertiary alicyclic amines) is 1. The normalized spacial score (nSPS) is 17.4. The molecular weight excluding hydrogens is 289 g/mol. The van der Waals surface area contributed by atoms with Crippen LogP contribution in [0.3, 0.4) is 0 Å². The molecule has 1 unspecified atom stereocenters. The van der Waals surface area contributed by atoms with Crippen LogP contribution in [0.25, 0.3) is 0 Å². The SMILES string of the molecule is O=C(CCc1cccc(F)c1)N1CCCC1Cc1ccccc1. The van der Waals surface area contributed by atoms with Crippen molar-refractivity contribution in [3.05, 3.63) is 71.5 Å². The molecule has 2 nitrogen and oxygen atoms in total. The number of nitrogens with zero attached hydrogens (tertiary/aromatic N) is 1. The number of halogens is 1. The number of carbonyl (C=O) groups is 1. The molecule has 0 aromatic heterocycles. The third-order valence-electron chi connectivity index (χ3n) is 4.53. The van der Waals surface area contributed by atoms with E-state index >= 15 is 0 Å². The Labute approximate surface area is 136 Å². The van der Waals surface area contributed by atoms with Gasteiger partial charge in [0.1, 0.15) is 5.82 Å². The number of hydrogen-bond acceptors (Lipinski definition) is 1. The molecule has 0 aliphatic carbocycles. The summed E-state index contributed by atoms with van der Waals surface area (Å²) >= 11 is 0. The second-order valence-electron chi connectivity index (χ2n) is 6.20. The van der Waals surface area contributed by atoms with Crippen molar-refractivity contribution in [1.82, 2.24) is 4.90 Å². The van der Waals surface area contributed by atoms with E-state index in [1.165, 1.54) is 17.7 Å². The fraction of sp³-hybridized carbons (Fsp3) is 0.350. The van der Waals surface area contributed by atoms with Crippen molar-refractivity contribution < 1.29 is 9.18 Å². The summed E-state index contributed by atoms with van der Waals surface area (Å²) < 4.78 is 13.2. The second kappa shape index (κ2) is 7.40. The highest BCUT2D eigenvalue weighted by Gasteiger charge is 2.28. The lowest BCUT2D eigenvalue weighted by atomic mass is 10.0. The Morgan fingerprint density at radius 2 is 1.87 bits per heavy atom. The van der Waals surface area contributed by atoms with Crippen LogP contribution in [-0.4, -0.2) is 23.4 Å². The maximum absolute atomic E-state index is 13.2. The highest BCUT2D eigenvalue weighted by molar-refractivity contribution is 5.77. The Kier molecular flexibility index (Phi) is 5.06. The maximum atomic E-state index is 13.2. The number of hydrogen-bond donors (Lipinski definition) is 0. The van der Waals surface area contributed by atoms with Gasteiger partial charge in [0.25, 0.3) is 0 Å². The third kappa shape index (κ3) is 4.19. The van der Waals surface area contributed by atoms with Gasteiger partial charge in [0, 0.05) is 19.0 Å². The standard InChI is InChI=1S/C20H22FNO/c21-18-9-4-8-17(14-18)11-12-20(23)22-13-5-10-19(22)15-16-6-2-1-3-7-16/h1-4,6-9,14,19H,5,10-13,15H2. The average Bonchev–Trinajstić information content (AvgIpc) is 3.02. The van der Waals surface area contributed by atoms with Gasteiger partial charge in [-0.3, -0.25) is 4.79 Å². The fourth-order valence-electron chi connectivity index (χ4n) is 3.35. The van der Waals surface area contributed by atoms with Crippen LogP contribution in [0.4, 0.5) is 4.39 Å². The molecule has 2 aromatic rings. The van der Waals surface area contributed by atoms with E-state index < -0.39 is 0 Å². The Hall–Kier alpha value is -2.16. The monoisotopic (exact) mass is 311 g/mol. The molecule has 3 heteroatoms. The molecule has 2 aromatic carbocycles. The van der Waals surface area contributed by atoms with Crippen molar-refractivity contribution in [2.24, 2.45) is 0 Å². The Morgan fingerprint density at radius 3 is 2.65 bits per heavy atom. The Morgan fingerprint density at radius 1 is 1.09 bits per heavy atom. The molecular formula is C20H22FNO. The molecule has 1 aliphatic heterocycles. The highest BCUT2D eigenvalue weighted by atomic mass is 19.1. The largest absolute Gasteiger partial charge is 0.339 e. The van der Waals surface area contributed by atoms with Crippen molar-refractivity contribution in [3.63, 3.8) is 0 Å². The van der Waals surface area contributed by atoms with Crippen LogP contribution >= 0.6 is 0 Å². The van der Waals surface area contributed by atoms with E-state index in [2.05, 4.69) is 12.1 Å². The van der Waals surface area contributed by atoms with E-state index in [0.717, 1.165) is 31.4 Å². The summed E-state index contributed by atoms with van der Waals surface area (Å²) in [5.74, 6) is -0.0502. The minimum absolute atomic E-state index is 0.188. The first-order valence-corrected chi connectivity index (χ1v) is 8.30. The van der Waals surface area contributed by atoms with Crippen LogP contribution in [0, 0.1) is 5.82 Å². The van der Waals surface area contributed by atoms with Gasteiger partial charge in [-0.2, -0.15) is 0 Å². The van der Waals surface area contributed by atoms with Gasteiger partial charge in [-0.05, 0) is 48.9 Å². The summed E-state index contributed by atoms with van der Waals surface area (Å²) in [6.07, 6.45) is 4.12. The van der Waals surface area contributed by atoms with Crippen LogP contribution in [0.5, 0.6) is 0 Å². The quantitative estimate of drug-likeness (QED) is 0.817. The number of rotatable bonds is 5. The van der Waals surface area contributed by atoms with E-state index in [0.29, 0.717) is 18.9 Å². The minimum atomic E-state index is -0.238. The molecule has 120 valence electrons. The predicted molar refractivity (Wildman–Crippen MR) is 89.6 cm³/mol. The minimum Gasteiger partial charge on any atom is -0.339 e. The highest BCUT2D eigenvalue weighted by Crippen LogP contribution is 2.22. The van der Waals surface area contributed by atoms with Gasteiger partial charge in [0.05, 0.1) is 0 Å². The van der Waals surface area contributed by atoms with Gasteiger partial charge in [-0.1, -0.05) is 42.5 Å². The smallest absolute Gasteiger partial charge is 0.223 e. The summed E-state index contributed by atoms with van der Waals surface area (Å²) in [7, 11) is 0. The number of carbonyl (C=O) groups excluding carboxylic acids is 1. The molecule has 0 N–H and O–H groups in total. The van der Waals surface area contributed by atoms with Crippen molar-refractivity contribution in [2.75, 3.05) is 6.54 Å². The van der Waals surface area contributed by atoms with E-state index in [4.69, 9.17) is 0 Å². The molecule has 1 aliphatic rings. The molecule has 0 saturated carbocycles. The zero-order valence-electron chi connectivity index (χ0n) is 13.2. The number of aryl methyl sites for hydroxylation is 1. The third-order valence-corrected chi connectivity index (χ3v) is 4.53. The molecule has 0 bridgehead atoms. The van der Waals surface area contributed by atoms with Crippen molar-refractivity contribution in [1.29, 1.82) is 0 Å². The zero-order chi connectivity index (χ0) is 16.1. The van der Waals surface area contributed by atoms with Gasteiger partial charge in [-0.15, -0.1) is 0 Å². The molecule has 1 fully saturated rings. The van der Waals surface area contributed by atoms with Crippen molar-refractivity contribution in [2.45, 2.75) is 38.1 Å². The topological polar surface area (TPSA) is 20.3 Å². The Balaban J connectivity index is 1.57. The van der Waals surface area contributed by atoms with Crippen molar-refractivity contribution in [3.8, 4) is 0 Å². The van der Waals surface area contributed by atoms with Crippen LogP contribution in [0.2, 0.25) is 0 Å². The summed E-state index contributed by atoms with van der Waals surface area (Å²) in [5, 5.41) is 0. The molecule has 0 spiro atoms. The zero-order valence-corrected chi connectivity index (χ0v) is 13.2. The molecule has 1 saturated heterocycles. The van der Waals surface area contributed by atoms with E-state index in [-0.39, 0.29) is 11.7 Å². The van der Waals surface area contributed by atoms with Crippen LogP contribution in [0.1, 0.15) is 30.4 Å². The van der Waals surface area contributed by atoms with Gasteiger partial charge < -0.3 is 4.90 Å². The van der Waals surface area contributed by atoms with E-state index in [1.54, 1.807) is 6.07 Å². The van der Waals surface area contributed by atoms with Crippen molar-refractivity contribution >= 4 is 5.91 Å². The van der Waals surface area contributed by atoms with Gasteiger partial charge in [-0.25, -0.2) is 4.39 Å². The molecule has 1 heterocycles. The van der Waals surface area contributed by atoms with Crippen LogP contribution < -0.4 is 0 Å². The first kappa shape index (κ1) is 15.7. The van der Waals surface area contributed by atoms with E-state index in [1.807, 2.05) is 29.2 Å². The van der Waals surface area contributed by atoms with Crippen LogP contribution in [-0.2, 0) is 17.6 Å². The summed E-state index contributed by atoms with van der Waals surface area (Å²) in [4.78, 5) is 14.6. The van der Waals surface area contributed by atoms with Gasteiger partial charge in [0.2, 0.25) is 5.91 Å². The van der Waals surface area contributed by atoms with Gasteiger partial charge >= 0.3 is 0 Å². The molecule has 0 radical (unpaired) electrons.